The molecule has 0 fully saturated rings. The van der Waals surface area contributed by atoms with Crippen molar-refractivity contribution in [3.63, 3.8) is 0 Å². The van der Waals surface area contributed by atoms with Crippen molar-refractivity contribution < 1.29 is 4.79 Å². The van der Waals surface area contributed by atoms with E-state index in [-0.39, 0.29) is 5.82 Å². The summed E-state index contributed by atoms with van der Waals surface area (Å²) < 4.78 is 0. The van der Waals surface area contributed by atoms with E-state index in [1.807, 2.05) is 30.3 Å². The molecule has 3 nitrogen and oxygen atoms in total. The van der Waals surface area contributed by atoms with Crippen LogP contribution in [0.1, 0.15) is 10.4 Å². The van der Waals surface area contributed by atoms with E-state index >= 15 is 0 Å². The summed E-state index contributed by atoms with van der Waals surface area (Å²) in [6.45, 7) is 0. The Hall–Kier alpha value is -2.16. The van der Waals surface area contributed by atoms with Gasteiger partial charge in [-0.1, -0.05) is 30.3 Å². The largest absolute Gasteiger partial charge is 0.383 e. The number of aromatic nitrogens is 1. The average Bonchev–Trinajstić information content (AvgIpc) is 2.30. The van der Waals surface area contributed by atoms with Crippen molar-refractivity contribution in [2.45, 2.75) is 0 Å². The van der Waals surface area contributed by atoms with Crippen LogP contribution in [0.3, 0.4) is 0 Å². The van der Waals surface area contributed by atoms with Crippen molar-refractivity contribution in [1.82, 2.24) is 4.98 Å². The monoisotopic (exact) mass is 198 g/mol. The molecule has 1 aromatic heterocycles. The van der Waals surface area contributed by atoms with E-state index in [1.54, 1.807) is 12.1 Å². The number of aldehydes is 1. The lowest BCUT2D eigenvalue weighted by atomic mass is 10.1. The Labute approximate surface area is 87.6 Å². The van der Waals surface area contributed by atoms with Gasteiger partial charge in [0, 0.05) is 5.56 Å². The fourth-order valence-corrected chi connectivity index (χ4v) is 1.36. The molecule has 0 aliphatic carbocycles. The number of hydrogen-bond acceptors (Lipinski definition) is 3. The summed E-state index contributed by atoms with van der Waals surface area (Å²) in [5.74, 6) is 0.270. The molecule has 3 heteroatoms. The summed E-state index contributed by atoms with van der Waals surface area (Å²) in [6, 6.07) is 13.2. The van der Waals surface area contributed by atoms with Crippen molar-refractivity contribution in [2.75, 3.05) is 5.73 Å². The first kappa shape index (κ1) is 9.40. The number of hydrogen-bond donors (Lipinski definition) is 1. The van der Waals surface area contributed by atoms with Gasteiger partial charge in [0.25, 0.3) is 0 Å². The minimum absolute atomic E-state index is 0.270. The van der Waals surface area contributed by atoms with Gasteiger partial charge in [-0.15, -0.1) is 0 Å². The molecule has 0 atom stereocenters. The second kappa shape index (κ2) is 3.92. The van der Waals surface area contributed by atoms with Crippen LogP contribution in [0.4, 0.5) is 5.82 Å². The topological polar surface area (TPSA) is 56.0 Å². The van der Waals surface area contributed by atoms with Crippen LogP contribution in [0.2, 0.25) is 0 Å². The predicted octanol–water partition coefficient (Wildman–Crippen LogP) is 2.14. The normalized spacial score (nSPS) is 9.87. The zero-order valence-corrected chi connectivity index (χ0v) is 8.05. The number of anilines is 1. The van der Waals surface area contributed by atoms with E-state index in [4.69, 9.17) is 5.73 Å². The van der Waals surface area contributed by atoms with Crippen LogP contribution in [0, 0.1) is 0 Å². The van der Waals surface area contributed by atoms with Crippen LogP contribution >= 0.6 is 0 Å². The molecule has 0 saturated carbocycles. The average molecular weight is 198 g/mol. The summed E-state index contributed by atoms with van der Waals surface area (Å²) in [5.41, 5.74) is 7.82. The number of carbonyl (C=O) groups is 1. The Bertz CT molecular complexity index is 480. The van der Waals surface area contributed by atoms with Crippen LogP contribution in [0.25, 0.3) is 11.3 Å². The third-order valence-electron chi connectivity index (χ3n) is 2.15. The highest BCUT2D eigenvalue weighted by molar-refractivity contribution is 5.82. The Morgan fingerprint density at radius 3 is 2.40 bits per heavy atom. The predicted molar refractivity (Wildman–Crippen MR) is 59.5 cm³/mol. The summed E-state index contributed by atoms with van der Waals surface area (Å²) in [7, 11) is 0. The van der Waals surface area contributed by atoms with Crippen LogP contribution < -0.4 is 5.73 Å². The third-order valence-corrected chi connectivity index (χ3v) is 2.15. The lowest BCUT2D eigenvalue weighted by Crippen LogP contribution is -1.97. The Morgan fingerprint density at radius 2 is 1.80 bits per heavy atom. The number of benzene rings is 1. The Kier molecular flexibility index (Phi) is 2.46. The third kappa shape index (κ3) is 1.86. The van der Waals surface area contributed by atoms with Gasteiger partial charge >= 0.3 is 0 Å². The van der Waals surface area contributed by atoms with Crippen LogP contribution in [0.15, 0.2) is 42.5 Å². The molecule has 0 unspecified atom stereocenters. The molecule has 1 aromatic carbocycles. The van der Waals surface area contributed by atoms with Gasteiger partial charge in [0.2, 0.25) is 0 Å². The second-order valence-corrected chi connectivity index (χ2v) is 3.15. The number of nitrogens with zero attached hydrogens (tertiary/aromatic N) is 1. The maximum Gasteiger partial charge on any atom is 0.153 e. The minimum Gasteiger partial charge on any atom is -0.383 e. The molecule has 0 saturated heterocycles. The van der Waals surface area contributed by atoms with Gasteiger partial charge in [0.15, 0.2) is 6.29 Å². The number of carbonyl (C=O) groups excluding carboxylic acids is 1. The highest BCUT2D eigenvalue weighted by Gasteiger charge is 2.02. The molecule has 0 aliphatic rings. The first-order valence-electron chi connectivity index (χ1n) is 4.58. The van der Waals surface area contributed by atoms with E-state index in [2.05, 4.69) is 4.98 Å². The van der Waals surface area contributed by atoms with E-state index in [0.717, 1.165) is 11.3 Å². The summed E-state index contributed by atoms with van der Waals surface area (Å²) in [6.07, 6.45) is 0.705. The fraction of sp³-hybridized carbons (Fsp3) is 0. The van der Waals surface area contributed by atoms with Gasteiger partial charge in [-0.2, -0.15) is 0 Å². The van der Waals surface area contributed by atoms with Crippen molar-refractivity contribution >= 4 is 12.1 Å². The van der Waals surface area contributed by atoms with Crippen LogP contribution in [-0.2, 0) is 0 Å². The van der Waals surface area contributed by atoms with Gasteiger partial charge in [-0.3, -0.25) is 4.79 Å². The van der Waals surface area contributed by atoms with Crippen LogP contribution in [-0.4, -0.2) is 11.3 Å². The molecule has 74 valence electrons. The molecule has 0 aliphatic heterocycles. The van der Waals surface area contributed by atoms with Gasteiger partial charge in [0.05, 0.1) is 11.3 Å². The first-order chi connectivity index (χ1) is 7.31. The number of rotatable bonds is 2. The van der Waals surface area contributed by atoms with Crippen molar-refractivity contribution in [3.05, 3.63) is 48.0 Å². The molecular weight excluding hydrogens is 188 g/mol. The SMILES string of the molecule is Nc1nc(-c2ccccc2)ccc1C=O. The molecule has 15 heavy (non-hydrogen) atoms. The molecule has 0 amide bonds. The summed E-state index contributed by atoms with van der Waals surface area (Å²) in [5, 5.41) is 0. The summed E-state index contributed by atoms with van der Waals surface area (Å²) in [4.78, 5) is 14.7. The smallest absolute Gasteiger partial charge is 0.153 e. The second-order valence-electron chi connectivity index (χ2n) is 3.15. The molecular formula is C12H10N2O. The highest BCUT2D eigenvalue weighted by atomic mass is 16.1. The molecule has 0 radical (unpaired) electrons. The van der Waals surface area contributed by atoms with E-state index in [1.165, 1.54) is 0 Å². The molecule has 1 heterocycles. The lowest BCUT2D eigenvalue weighted by molar-refractivity contribution is 0.112. The van der Waals surface area contributed by atoms with E-state index < -0.39 is 0 Å². The standard InChI is InChI=1S/C12H10N2O/c13-12-10(8-15)6-7-11(14-12)9-4-2-1-3-5-9/h1-8H,(H2,13,14). The zero-order chi connectivity index (χ0) is 10.7. The van der Waals surface area contributed by atoms with Crippen LogP contribution in [0.5, 0.6) is 0 Å². The Balaban J connectivity index is 2.47. The summed E-state index contributed by atoms with van der Waals surface area (Å²) >= 11 is 0. The van der Waals surface area contributed by atoms with Gasteiger partial charge in [-0.05, 0) is 12.1 Å². The molecule has 2 aromatic rings. The molecule has 2 N–H and O–H groups in total. The molecule has 0 spiro atoms. The van der Waals surface area contributed by atoms with Crippen molar-refractivity contribution in [3.8, 4) is 11.3 Å². The molecule has 0 bridgehead atoms. The Morgan fingerprint density at radius 1 is 1.07 bits per heavy atom. The fourth-order valence-electron chi connectivity index (χ4n) is 1.36. The lowest BCUT2D eigenvalue weighted by Gasteiger charge is -2.02. The number of nitrogen functional groups attached to an aromatic ring is 1. The van der Waals surface area contributed by atoms with Crippen molar-refractivity contribution in [1.29, 1.82) is 0 Å². The van der Waals surface area contributed by atoms with Gasteiger partial charge < -0.3 is 5.73 Å². The number of nitrogens with two attached hydrogens (primary N) is 1. The van der Waals surface area contributed by atoms with Gasteiger partial charge in [-0.25, -0.2) is 4.98 Å². The first-order valence-corrected chi connectivity index (χ1v) is 4.58. The minimum atomic E-state index is 0.270. The van der Waals surface area contributed by atoms with Gasteiger partial charge in [0.1, 0.15) is 5.82 Å². The van der Waals surface area contributed by atoms with E-state index in [9.17, 15) is 4.79 Å². The van der Waals surface area contributed by atoms with E-state index in [0.29, 0.717) is 11.8 Å². The van der Waals surface area contributed by atoms with Crippen molar-refractivity contribution in [2.24, 2.45) is 0 Å². The zero-order valence-electron chi connectivity index (χ0n) is 8.05. The number of pyridine rings is 1. The maximum absolute atomic E-state index is 10.6. The quantitative estimate of drug-likeness (QED) is 0.752. The highest BCUT2D eigenvalue weighted by Crippen LogP contribution is 2.18. The molecule has 2 rings (SSSR count). The maximum atomic E-state index is 10.6.